The van der Waals surface area contributed by atoms with E-state index in [1.165, 1.54) is 6.92 Å². The van der Waals surface area contributed by atoms with Gasteiger partial charge in [-0.3, -0.25) is 9.59 Å². The number of hydrogen-bond acceptors (Lipinski definition) is 4. The van der Waals surface area contributed by atoms with Gasteiger partial charge in [0.15, 0.2) is 0 Å². The SMILES string of the molecule is CC(=O)Nc1ccc(N[C@H](C)C(=O)Nc2ccc(N(C)C)cc2)cc1. The van der Waals surface area contributed by atoms with Gasteiger partial charge in [-0.25, -0.2) is 0 Å². The number of benzene rings is 2. The summed E-state index contributed by atoms with van der Waals surface area (Å²) in [6, 6.07) is 14.5. The zero-order valence-corrected chi connectivity index (χ0v) is 15.0. The largest absolute Gasteiger partial charge is 0.378 e. The van der Waals surface area contributed by atoms with E-state index in [0.29, 0.717) is 0 Å². The van der Waals surface area contributed by atoms with Crippen LogP contribution >= 0.6 is 0 Å². The summed E-state index contributed by atoms with van der Waals surface area (Å²) in [5, 5.41) is 8.73. The van der Waals surface area contributed by atoms with E-state index >= 15 is 0 Å². The van der Waals surface area contributed by atoms with Gasteiger partial charge in [0.1, 0.15) is 6.04 Å². The Morgan fingerprint density at radius 2 is 1.32 bits per heavy atom. The number of hydrogen-bond donors (Lipinski definition) is 3. The summed E-state index contributed by atoms with van der Waals surface area (Å²) in [6.07, 6.45) is 0. The van der Waals surface area contributed by atoms with Crippen LogP contribution in [-0.2, 0) is 9.59 Å². The van der Waals surface area contributed by atoms with E-state index < -0.39 is 6.04 Å². The van der Waals surface area contributed by atoms with Crippen LogP contribution in [0.4, 0.5) is 22.7 Å². The molecule has 6 heteroatoms. The molecule has 0 saturated heterocycles. The number of nitrogens with one attached hydrogen (secondary N) is 3. The maximum Gasteiger partial charge on any atom is 0.246 e. The maximum atomic E-state index is 12.3. The maximum absolute atomic E-state index is 12.3. The van der Waals surface area contributed by atoms with Gasteiger partial charge >= 0.3 is 0 Å². The molecule has 0 spiro atoms. The van der Waals surface area contributed by atoms with Gasteiger partial charge in [-0.2, -0.15) is 0 Å². The van der Waals surface area contributed by atoms with Crippen LogP contribution in [0.25, 0.3) is 0 Å². The monoisotopic (exact) mass is 340 g/mol. The van der Waals surface area contributed by atoms with Gasteiger partial charge in [-0.1, -0.05) is 0 Å². The molecule has 0 aliphatic heterocycles. The van der Waals surface area contributed by atoms with Crippen LogP contribution < -0.4 is 20.9 Å². The summed E-state index contributed by atoms with van der Waals surface area (Å²) in [5.74, 6) is -0.239. The van der Waals surface area contributed by atoms with Gasteiger partial charge in [0.25, 0.3) is 0 Å². The molecule has 25 heavy (non-hydrogen) atoms. The van der Waals surface area contributed by atoms with E-state index in [1.807, 2.05) is 55.4 Å². The minimum Gasteiger partial charge on any atom is -0.378 e. The lowest BCUT2D eigenvalue weighted by Crippen LogP contribution is -2.31. The van der Waals surface area contributed by atoms with Crippen LogP contribution in [0.5, 0.6) is 0 Å². The summed E-state index contributed by atoms with van der Waals surface area (Å²) in [4.78, 5) is 25.3. The van der Waals surface area contributed by atoms with Gasteiger partial charge in [0.05, 0.1) is 0 Å². The predicted molar refractivity (Wildman–Crippen MR) is 103 cm³/mol. The van der Waals surface area contributed by atoms with Crippen molar-refractivity contribution in [2.75, 3.05) is 34.9 Å². The van der Waals surface area contributed by atoms with Gasteiger partial charge in [-0.05, 0) is 55.5 Å². The summed E-state index contributed by atoms with van der Waals surface area (Å²) < 4.78 is 0. The summed E-state index contributed by atoms with van der Waals surface area (Å²) in [7, 11) is 3.94. The van der Waals surface area contributed by atoms with Crippen molar-refractivity contribution < 1.29 is 9.59 Å². The molecule has 2 amide bonds. The van der Waals surface area contributed by atoms with Crippen molar-refractivity contribution >= 4 is 34.6 Å². The van der Waals surface area contributed by atoms with Crippen molar-refractivity contribution in [2.24, 2.45) is 0 Å². The summed E-state index contributed by atoms with van der Waals surface area (Å²) in [6.45, 7) is 3.26. The van der Waals surface area contributed by atoms with E-state index in [1.54, 1.807) is 19.1 Å². The van der Waals surface area contributed by atoms with Crippen molar-refractivity contribution in [3.8, 4) is 0 Å². The molecular formula is C19H24N4O2. The van der Waals surface area contributed by atoms with Crippen LogP contribution in [0.2, 0.25) is 0 Å². The second-order valence-corrected chi connectivity index (χ2v) is 6.06. The Kier molecular flexibility index (Phi) is 6.00. The molecular weight excluding hydrogens is 316 g/mol. The molecule has 132 valence electrons. The Morgan fingerprint density at radius 3 is 1.84 bits per heavy atom. The van der Waals surface area contributed by atoms with Gasteiger partial charge < -0.3 is 20.9 Å². The first-order valence-electron chi connectivity index (χ1n) is 8.07. The fourth-order valence-electron chi connectivity index (χ4n) is 2.26. The molecule has 0 heterocycles. The van der Waals surface area contributed by atoms with Crippen LogP contribution in [0.1, 0.15) is 13.8 Å². The van der Waals surface area contributed by atoms with Gasteiger partial charge in [0, 0.05) is 43.8 Å². The van der Waals surface area contributed by atoms with Crippen molar-refractivity contribution in [2.45, 2.75) is 19.9 Å². The predicted octanol–water partition coefficient (Wildman–Crippen LogP) is 3.15. The van der Waals surface area contributed by atoms with Crippen molar-refractivity contribution in [3.63, 3.8) is 0 Å². The highest BCUT2D eigenvalue weighted by molar-refractivity contribution is 5.96. The van der Waals surface area contributed by atoms with E-state index in [0.717, 1.165) is 22.7 Å². The van der Waals surface area contributed by atoms with E-state index in [4.69, 9.17) is 0 Å². The lowest BCUT2D eigenvalue weighted by molar-refractivity contribution is -0.116. The first-order chi connectivity index (χ1) is 11.8. The van der Waals surface area contributed by atoms with E-state index in [2.05, 4.69) is 16.0 Å². The molecule has 0 aromatic heterocycles. The highest BCUT2D eigenvalue weighted by atomic mass is 16.2. The first kappa shape index (κ1) is 18.3. The minimum absolute atomic E-state index is 0.117. The van der Waals surface area contributed by atoms with Gasteiger partial charge in [0.2, 0.25) is 11.8 Å². The number of nitrogens with zero attached hydrogens (tertiary/aromatic N) is 1. The third kappa shape index (κ3) is 5.53. The molecule has 0 bridgehead atoms. The number of carbonyl (C=O) groups excluding carboxylic acids is 2. The zero-order chi connectivity index (χ0) is 18.4. The van der Waals surface area contributed by atoms with Crippen molar-refractivity contribution in [1.82, 2.24) is 0 Å². The van der Waals surface area contributed by atoms with Crippen LogP contribution in [0, 0.1) is 0 Å². The smallest absolute Gasteiger partial charge is 0.246 e. The van der Waals surface area contributed by atoms with Crippen LogP contribution in [-0.4, -0.2) is 32.0 Å². The minimum atomic E-state index is -0.403. The lowest BCUT2D eigenvalue weighted by atomic mass is 10.2. The number of carbonyl (C=O) groups is 2. The standard InChI is InChI=1S/C19H24N4O2/c1-13(20-15-5-7-16(8-6-15)21-14(2)24)19(25)22-17-9-11-18(12-10-17)23(3)4/h5-13,20H,1-4H3,(H,21,24)(H,22,25)/t13-/m1/s1. The van der Waals surface area contributed by atoms with E-state index in [-0.39, 0.29) is 11.8 Å². The lowest BCUT2D eigenvalue weighted by Gasteiger charge is -2.17. The second kappa shape index (κ2) is 8.19. The normalized spacial score (nSPS) is 11.4. The summed E-state index contributed by atoms with van der Waals surface area (Å²) >= 11 is 0. The topological polar surface area (TPSA) is 73.5 Å². The fraction of sp³-hybridized carbons (Fsp3) is 0.263. The summed E-state index contributed by atoms with van der Waals surface area (Å²) in [5.41, 5.74) is 3.35. The molecule has 0 aliphatic rings. The Morgan fingerprint density at radius 1 is 0.840 bits per heavy atom. The molecule has 0 fully saturated rings. The molecule has 0 saturated carbocycles. The Balaban J connectivity index is 1.92. The quantitative estimate of drug-likeness (QED) is 0.755. The average Bonchev–Trinajstić information content (AvgIpc) is 2.56. The average molecular weight is 340 g/mol. The third-order valence-electron chi connectivity index (χ3n) is 3.63. The Bertz CT molecular complexity index is 724. The zero-order valence-electron chi connectivity index (χ0n) is 15.0. The molecule has 2 aromatic carbocycles. The Labute approximate surface area is 148 Å². The van der Waals surface area contributed by atoms with E-state index in [9.17, 15) is 9.59 Å². The third-order valence-corrected chi connectivity index (χ3v) is 3.63. The van der Waals surface area contributed by atoms with Crippen LogP contribution in [0.15, 0.2) is 48.5 Å². The molecule has 0 aliphatic carbocycles. The molecule has 2 rings (SSSR count). The molecule has 0 radical (unpaired) electrons. The molecule has 2 aromatic rings. The van der Waals surface area contributed by atoms with Crippen LogP contribution in [0.3, 0.4) is 0 Å². The fourth-order valence-corrected chi connectivity index (χ4v) is 2.26. The molecule has 3 N–H and O–H groups in total. The second-order valence-electron chi connectivity index (χ2n) is 6.06. The highest BCUT2D eigenvalue weighted by Crippen LogP contribution is 2.17. The number of anilines is 4. The molecule has 1 atom stereocenters. The first-order valence-corrected chi connectivity index (χ1v) is 8.07. The Hall–Kier alpha value is -3.02. The molecule has 0 unspecified atom stereocenters. The molecule has 6 nitrogen and oxygen atoms in total. The van der Waals surface area contributed by atoms with Crippen molar-refractivity contribution in [1.29, 1.82) is 0 Å². The van der Waals surface area contributed by atoms with Crippen molar-refractivity contribution in [3.05, 3.63) is 48.5 Å². The number of amides is 2. The van der Waals surface area contributed by atoms with Gasteiger partial charge in [-0.15, -0.1) is 0 Å². The highest BCUT2D eigenvalue weighted by Gasteiger charge is 2.13. The number of rotatable bonds is 6.